The predicted octanol–water partition coefficient (Wildman–Crippen LogP) is 11.1. The van der Waals surface area contributed by atoms with Crippen LogP contribution in [0, 0.1) is 0 Å². The van der Waals surface area contributed by atoms with Gasteiger partial charge in [-0.1, -0.05) is 91.0 Å². The van der Waals surface area contributed by atoms with E-state index in [-0.39, 0.29) is 5.97 Å². The van der Waals surface area contributed by atoms with Crippen molar-refractivity contribution in [3.63, 3.8) is 0 Å². The van der Waals surface area contributed by atoms with Gasteiger partial charge in [0.1, 0.15) is 11.5 Å². The Morgan fingerprint density at radius 2 is 0.941 bits per heavy atom. The third-order valence-electron chi connectivity index (χ3n) is 9.48. The molecule has 0 radical (unpaired) electrons. The molecule has 0 fully saturated rings. The summed E-state index contributed by atoms with van der Waals surface area (Å²) in [5, 5.41) is 10.6. The summed E-state index contributed by atoms with van der Waals surface area (Å²) >= 11 is 0. The zero-order valence-corrected chi connectivity index (χ0v) is 27.6. The molecular weight excluding hydrogens is 631 g/mol. The van der Waals surface area contributed by atoms with E-state index in [4.69, 9.17) is 9.47 Å². The minimum atomic E-state index is -1.20. The van der Waals surface area contributed by atoms with Crippen molar-refractivity contribution in [3.05, 3.63) is 203 Å². The summed E-state index contributed by atoms with van der Waals surface area (Å²) in [5.41, 5.74) is 9.46. The van der Waals surface area contributed by atoms with Crippen molar-refractivity contribution in [1.82, 2.24) is 0 Å². The van der Waals surface area contributed by atoms with E-state index >= 15 is 0 Å². The molecule has 0 aliphatic carbocycles. The van der Waals surface area contributed by atoms with Gasteiger partial charge < -0.3 is 25.4 Å². The van der Waals surface area contributed by atoms with Gasteiger partial charge in [-0.05, 0) is 96.4 Å². The molecule has 7 aromatic carbocycles. The number of ether oxygens (including phenoxy) is 2. The van der Waals surface area contributed by atoms with E-state index in [1.54, 1.807) is 0 Å². The maximum atomic E-state index is 14.2. The Morgan fingerprint density at radius 1 is 0.471 bits per heavy atom. The molecule has 0 bridgehead atoms. The number of carbonyl (C=O) groups is 1. The summed E-state index contributed by atoms with van der Waals surface area (Å²) in [6, 6.07) is 56.4. The van der Waals surface area contributed by atoms with Crippen LogP contribution in [0.4, 0.5) is 34.1 Å². The number of fused-ring (bicyclic) bond motifs is 6. The van der Waals surface area contributed by atoms with Crippen LogP contribution in [0.2, 0.25) is 0 Å². The van der Waals surface area contributed by atoms with Crippen LogP contribution >= 0.6 is 0 Å². The molecule has 3 N–H and O–H groups in total. The van der Waals surface area contributed by atoms with Crippen molar-refractivity contribution >= 4 is 40.1 Å². The highest BCUT2D eigenvalue weighted by atomic mass is 16.6. The van der Waals surface area contributed by atoms with Gasteiger partial charge in [0.25, 0.3) is 0 Å². The summed E-state index contributed by atoms with van der Waals surface area (Å²) < 4.78 is 13.0. The van der Waals surface area contributed by atoms with Crippen LogP contribution in [-0.2, 0) is 16.8 Å². The van der Waals surface area contributed by atoms with Crippen LogP contribution in [0.25, 0.3) is 0 Å². The number of rotatable bonds is 8. The monoisotopic (exact) mass is 663 g/mol. The second-order valence-electron chi connectivity index (χ2n) is 12.7. The van der Waals surface area contributed by atoms with Crippen LogP contribution in [0.15, 0.2) is 170 Å². The third kappa shape index (κ3) is 5.53. The average Bonchev–Trinajstić information content (AvgIpc) is 3.48. The Kier molecular flexibility index (Phi) is 7.47. The number of carbonyl (C=O) groups excluding carboxylic acids is 1. The van der Waals surface area contributed by atoms with Crippen molar-refractivity contribution in [2.75, 3.05) is 16.0 Å². The van der Waals surface area contributed by atoms with Crippen LogP contribution < -0.4 is 20.7 Å². The molecule has 1 spiro atoms. The van der Waals surface area contributed by atoms with Crippen molar-refractivity contribution in [1.29, 1.82) is 0 Å². The molecule has 7 aromatic rings. The van der Waals surface area contributed by atoms with Gasteiger partial charge in [-0.2, -0.15) is 0 Å². The molecule has 0 amide bonds. The Morgan fingerprint density at radius 3 is 1.51 bits per heavy atom. The van der Waals surface area contributed by atoms with Crippen LogP contribution in [0.1, 0.15) is 38.2 Å². The highest BCUT2D eigenvalue weighted by molar-refractivity contribution is 6.01. The molecule has 6 heteroatoms. The fourth-order valence-corrected chi connectivity index (χ4v) is 7.17. The number of para-hydroxylation sites is 3. The number of hydrogen-bond acceptors (Lipinski definition) is 6. The lowest BCUT2D eigenvalue weighted by molar-refractivity contribution is 0.0225. The fraction of sp³-hybridized carbons (Fsp3) is 0.0444. The highest BCUT2D eigenvalue weighted by Gasteiger charge is 2.55. The summed E-state index contributed by atoms with van der Waals surface area (Å²) in [6.45, 7) is 0. The zero-order chi connectivity index (χ0) is 34.2. The van der Waals surface area contributed by atoms with E-state index in [0.717, 1.165) is 61.9 Å². The topological polar surface area (TPSA) is 71.6 Å². The Hall–Kier alpha value is -6.79. The minimum Gasteiger partial charge on any atom is -0.456 e. The molecule has 0 saturated carbocycles. The predicted molar refractivity (Wildman–Crippen MR) is 203 cm³/mol. The highest BCUT2D eigenvalue weighted by Crippen LogP contribution is 2.58. The number of hydrogen-bond donors (Lipinski definition) is 3. The quantitative estimate of drug-likeness (QED) is 0.141. The van der Waals surface area contributed by atoms with Gasteiger partial charge in [-0.3, -0.25) is 0 Å². The first-order valence-electron chi connectivity index (χ1n) is 17.0. The van der Waals surface area contributed by atoms with Gasteiger partial charge in [0, 0.05) is 50.8 Å². The standard InChI is InChI=1S/C45H33N3O3/c49-44-42-31(29-30-11-3-1-4-12-30)19-28-39(43(42)45(51-44)37-15-7-9-17-40(37)50-41-18-10-8-16-38(41)45)48-36-26-24-35(25-27-36)47-34-22-20-33(21-23-34)46-32-13-5-2-6-14-32/h1-28,46-48H,29H2. The van der Waals surface area contributed by atoms with Gasteiger partial charge in [0.15, 0.2) is 5.60 Å². The van der Waals surface area contributed by atoms with Crippen LogP contribution in [-0.4, -0.2) is 5.97 Å². The second-order valence-corrected chi connectivity index (χ2v) is 12.7. The molecule has 9 rings (SSSR count). The molecule has 6 nitrogen and oxygen atoms in total. The minimum absolute atomic E-state index is 0.351. The number of benzene rings is 7. The SMILES string of the molecule is O=C1OC2(c3ccccc3Oc3ccccc32)c2c(Nc3ccc(Nc4ccc(Nc5ccccc5)cc4)cc3)ccc(Cc3ccccc3)c21. The number of nitrogens with one attached hydrogen (secondary N) is 3. The summed E-state index contributed by atoms with van der Waals surface area (Å²) in [7, 11) is 0. The fourth-order valence-electron chi connectivity index (χ4n) is 7.17. The van der Waals surface area contributed by atoms with E-state index < -0.39 is 5.60 Å². The molecule has 2 aliphatic heterocycles. The molecule has 2 heterocycles. The van der Waals surface area contributed by atoms with Gasteiger partial charge in [-0.15, -0.1) is 0 Å². The molecule has 51 heavy (non-hydrogen) atoms. The number of esters is 1. The Labute approximate surface area is 296 Å². The molecule has 0 atom stereocenters. The van der Waals surface area contributed by atoms with Gasteiger partial charge in [0.2, 0.25) is 0 Å². The molecule has 2 aliphatic rings. The maximum absolute atomic E-state index is 14.2. The van der Waals surface area contributed by atoms with E-state index in [1.165, 1.54) is 0 Å². The first-order valence-corrected chi connectivity index (χ1v) is 17.0. The Balaban J connectivity index is 1.07. The lowest BCUT2D eigenvalue weighted by atomic mass is 9.76. The van der Waals surface area contributed by atoms with Crippen molar-refractivity contribution in [2.45, 2.75) is 12.0 Å². The van der Waals surface area contributed by atoms with Crippen LogP contribution in [0.5, 0.6) is 11.5 Å². The van der Waals surface area contributed by atoms with Gasteiger partial charge in [0.05, 0.1) is 5.56 Å². The molecule has 0 saturated heterocycles. The first kappa shape index (κ1) is 30.3. The van der Waals surface area contributed by atoms with E-state index in [2.05, 4.69) is 58.4 Å². The Bertz CT molecular complexity index is 2330. The normalized spacial score (nSPS) is 13.3. The van der Waals surface area contributed by atoms with E-state index in [9.17, 15) is 4.79 Å². The maximum Gasteiger partial charge on any atom is 0.340 e. The van der Waals surface area contributed by atoms with E-state index in [1.807, 2.05) is 127 Å². The summed E-state index contributed by atoms with van der Waals surface area (Å²) in [4.78, 5) is 14.2. The van der Waals surface area contributed by atoms with Crippen molar-refractivity contribution in [3.8, 4) is 11.5 Å². The largest absolute Gasteiger partial charge is 0.456 e. The van der Waals surface area contributed by atoms with Gasteiger partial charge >= 0.3 is 5.97 Å². The van der Waals surface area contributed by atoms with Crippen molar-refractivity contribution < 1.29 is 14.3 Å². The lowest BCUT2D eigenvalue weighted by Gasteiger charge is -2.37. The molecule has 0 aromatic heterocycles. The third-order valence-corrected chi connectivity index (χ3v) is 9.48. The molecule has 0 unspecified atom stereocenters. The summed E-state index contributed by atoms with van der Waals surface area (Å²) in [6.07, 6.45) is 0.595. The average molecular weight is 664 g/mol. The second kappa shape index (κ2) is 12.6. The van der Waals surface area contributed by atoms with E-state index in [0.29, 0.717) is 23.5 Å². The van der Waals surface area contributed by atoms with Gasteiger partial charge in [-0.25, -0.2) is 4.79 Å². The van der Waals surface area contributed by atoms with Crippen LogP contribution in [0.3, 0.4) is 0 Å². The first-order chi connectivity index (χ1) is 25.1. The molecular formula is C45H33N3O3. The molecule has 246 valence electrons. The number of anilines is 6. The van der Waals surface area contributed by atoms with Crippen molar-refractivity contribution in [2.24, 2.45) is 0 Å². The smallest absolute Gasteiger partial charge is 0.340 e. The summed E-state index contributed by atoms with van der Waals surface area (Å²) in [5.74, 6) is 0.974. The zero-order valence-electron chi connectivity index (χ0n) is 27.6. The lowest BCUT2D eigenvalue weighted by Crippen LogP contribution is -2.33.